The van der Waals surface area contributed by atoms with Crippen LogP contribution in [0.2, 0.25) is 0 Å². The molecule has 0 saturated carbocycles. The van der Waals surface area contributed by atoms with Gasteiger partial charge in [-0.15, -0.1) is 0 Å². The molecule has 8 aromatic carbocycles. The SMILES string of the molecule is CC1=CCc2ccccc2N1c1cccc(-c2cc(-c3cccc(-c4ccccc4-c4cc(-c5ccccc5)nc(-c5ccccc5)n4)c3)cc(-c3ccccc3C#N)c2)c1. The molecule has 4 heteroatoms. The van der Waals surface area contributed by atoms with Crippen LogP contribution in [0.25, 0.3) is 78.4 Å². The van der Waals surface area contributed by atoms with Crippen molar-refractivity contribution in [3.05, 3.63) is 229 Å². The highest BCUT2D eigenvalue weighted by atomic mass is 15.2. The molecule has 1 aliphatic heterocycles. The second-order valence-electron chi connectivity index (χ2n) is 15.3. The van der Waals surface area contributed by atoms with Crippen molar-refractivity contribution in [2.75, 3.05) is 4.90 Å². The van der Waals surface area contributed by atoms with Crippen LogP contribution in [-0.4, -0.2) is 9.97 Å². The number of allylic oxidation sites excluding steroid dienone is 2. The summed E-state index contributed by atoms with van der Waals surface area (Å²) in [6, 6.07) is 74.2. The molecule has 0 bridgehead atoms. The molecular weight excluding hydrogens is 741 g/mol. The van der Waals surface area contributed by atoms with Crippen LogP contribution >= 0.6 is 0 Å². The molecule has 2 heterocycles. The van der Waals surface area contributed by atoms with Crippen molar-refractivity contribution in [3.63, 3.8) is 0 Å². The predicted molar refractivity (Wildman–Crippen MR) is 251 cm³/mol. The van der Waals surface area contributed by atoms with E-state index in [1.807, 2.05) is 60.7 Å². The van der Waals surface area contributed by atoms with Crippen LogP contribution in [0.1, 0.15) is 18.1 Å². The molecule has 1 aliphatic rings. The lowest BCUT2D eigenvalue weighted by Crippen LogP contribution is -2.19. The number of hydrogen-bond donors (Lipinski definition) is 0. The van der Waals surface area contributed by atoms with Crippen molar-refractivity contribution >= 4 is 11.4 Å². The van der Waals surface area contributed by atoms with E-state index in [1.165, 1.54) is 16.9 Å². The molecule has 0 radical (unpaired) electrons. The molecule has 0 unspecified atom stereocenters. The number of nitrogens with zero attached hydrogens (tertiary/aromatic N) is 4. The van der Waals surface area contributed by atoms with Crippen LogP contribution in [0.15, 0.2) is 218 Å². The van der Waals surface area contributed by atoms with Gasteiger partial charge in [0, 0.05) is 33.8 Å². The van der Waals surface area contributed by atoms with Crippen molar-refractivity contribution in [1.82, 2.24) is 9.97 Å². The van der Waals surface area contributed by atoms with Gasteiger partial charge < -0.3 is 4.90 Å². The normalized spacial score (nSPS) is 12.0. The summed E-state index contributed by atoms with van der Waals surface area (Å²) < 4.78 is 0. The van der Waals surface area contributed by atoms with Crippen molar-refractivity contribution in [2.45, 2.75) is 13.3 Å². The Hall–Kier alpha value is -8.13. The average molecular weight is 781 g/mol. The van der Waals surface area contributed by atoms with E-state index in [0.717, 1.165) is 84.7 Å². The monoisotopic (exact) mass is 780 g/mol. The maximum absolute atomic E-state index is 10.2. The topological polar surface area (TPSA) is 52.8 Å². The Morgan fingerprint density at radius 1 is 0.443 bits per heavy atom. The highest BCUT2D eigenvalue weighted by Gasteiger charge is 2.20. The summed E-state index contributed by atoms with van der Waals surface area (Å²) >= 11 is 0. The number of nitriles is 1. The molecule has 0 aliphatic carbocycles. The number of hydrogen-bond acceptors (Lipinski definition) is 4. The Labute approximate surface area is 357 Å². The van der Waals surface area contributed by atoms with Gasteiger partial charge in [-0.05, 0) is 118 Å². The Morgan fingerprint density at radius 3 is 1.77 bits per heavy atom. The van der Waals surface area contributed by atoms with Crippen molar-refractivity contribution in [3.8, 4) is 84.5 Å². The molecule has 0 spiro atoms. The highest BCUT2D eigenvalue weighted by Crippen LogP contribution is 2.41. The van der Waals surface area contributed by atoms with Crippen LogP contribution in [0.4, 0.5) is 11.4 Å². The van der Waals surface area contributed by atoms with Crippen LogP contribution in [0, 0.1) is 11.3 Å². The fraction of sp³-hybridized carbons (Fsp3) is 0.0351. The van der Waals surface area contributed by atoms with Crippen LogP contribution in [0.5, 0.6) is 0 Å². The molecule has 0 N–H and O–H groups in total. The van der Waals surface area contributed by atoms with Crippen molar-refractivity contribution in [2.24, 2.45) is 0 Å². The van der Waals surface area contributed by atoms with E-state index in [0.29, 0.717) is 11.4 Å². The quantitative estimate of drug-likeness (QED) is 0.154. The van der Waals surface area contributed by atoms with Gasteiger partial charge in [-0.25, -0.2) is 9.97 Å². The van der Waals surface area contributed by atoms with Gasteiger partial charge in [-0.2, -0.15) is 5.26 Å². The molecule has 61 heavy (non-hydrogen) atoms. The van der Waals surface area contributed by atoms with Crippen LogP contribution < -0.4 is 4.90 Å². The lowest BCUT2D eigenvalue weighted by Gasteiger charge is -2.31. The molecule has 10 rings (SSSR count). The Morgan fingerprint density at radius 2 is 1.00 bits per heavy atom. The van der Waals surface area contributed by atoms with Crippen molar-refractivity contribution < 1.29 is 0 Å². The molecule has 0 atom stereocenters. The molecule has 1 aromatic heterocycles. The fourth-order valence-corrected chi connectivity index (χ4v) is 8.44. The predicted octanol–water partition coefficient (Wildman–Crippen LogP) is 14.6. The van der Waals surface area contributed by atoms with E-state index in [4.69, 9.17) is 9.97 Å². The molecule has 0 fully saturated rings. The first-order valence-corrected chi connectivity index (χ1v) is 20.6. The maximum atomic E-state index is 10.2. The molecule has 4 nitrogen and oxygen atoms in total. The van der Waals surface area contributed by atoms with Gasteiger partial charge in [0.1, 0.15) is 0 Å². The average Bonchev–Trinajstić information content (AvgIpc) is 3.34. The minimum atomic E-state index is 0.641. The van der Waals surface area contributed by atoms with Gasteiger partial charge in [-0.1, -0.05) is 158 Å². The molecule has 0 amide bonds. The van der Waals surface area contributed by atoms with Gasteiger partial charge in [-0.3, -0.25) is 0 Å². The first-order valence-electron chi connectivity index (χ1n) is 20.6. The summed E-state index contributed by atoms with van der Waals surface area (Å²) in [7, 11) is 0. The van der Waals surface area contributed by atoms with E-state index in [-0.39, 0.29) is 0 Å². The number of benzene rings is 8. The number of anilines is 2. The Balaban J connectivity index is 1.10. The molecule has 0 saturated heterocycles. The fourth-order valence-electron chi connectivity index (χ4n) is 8.44. The van der Waals surface area contributed by atoms with Gasteiger partial charge in [0.15, 0.2) is 5.82 Å². The highest BCUT2D eigenvalue weighted by molar-refractivity contribution is 5.89. The minimum Gasteiger partial charge on any atom is -0.315 e. The second kappa shape index (κ2) is 16.3. The van der Waals surface area contributed by atoms with E-state index in [2.05, 4.69) is 170 Å². The number of fused-ring (bicyclic) bond motifs is 1. The van der Waals surface area contributed by atoms with Crippen LogP contribution in [-0.2, 0) is 6.42 Å². The minimum absolute atomic E-state index is 0.641. The third kappa shape index (κ3) is 7.42. The summed E-state index contributed by atoms with van der Waals surface area (Å²) in [5.74, 6) is 0.683. The van der Waals surface area contributed by atoms with Gasteiger partial charge in [0.05, 0.1) is 23.0 Å². The van der Waals surface area contributed by atoms with Crippen molar-refractivity contribution in [1.29, 1.82) is 5.26 Å². The molecular formula is C57H40N4. The van der Waals surface area contributed by atoms with Gasteiger partial charge in [0.2, 0.25) is 0 Å². The lowest BCUT2D eigenvalue weighted by atomic mass is 9.90. The summed E-state index contributed by atoms with van der Waals surface area (Å²) in [5, 5.41) is 10.2. The first kappa shape index (κ1) is 37.2. The Kier molecular flexibility index (Phi) is 9.90. The maximum Gasteiger partial charge on any atom is 0.160 e. The largest absolute Gasteiger partial charge is 0.315 e. The first-order chi connectivity index (χ1) is 30.1. The van der Waals surface area contributed by atoms with Gasteiger partial charge >= 0.3 is 0 Å². The molecule has 288 valence electrons. The van der Waals surface area contributed by atoms with E-state index in [1.54, 1.807) is 0 Å². The number of para-hydroxylation sites is 1. The van der Waals surface area contributed by atoms with Crippen LogP contribution in [0.3, 0.4) is 0 Å². The smallest absolute Gasteiger partial charge is 0.160 e. The summed E-state index contributed by atoms with van der Waals surface area (Å²) in [5.41, 5.74) is 18.6. The zero-order chi connectivity index (χ0) is 41.1. The number of rotatable bonds is 8. The summed E-state index contributed by atoms with van der Waals surface area (Å²) in [6.45, 7) is 2.18. The van der Waals surface area contributed by atoms with Gasteiger partial charge in [0.25, 0.3) is 0 Å². The molecule has 9 aromatic rings. The van der Waals surface area contributed by atoms with E-state index >= 15 is 0 Å². The van der Waals surface area contributed by atoms with E-state index in [9.17, 15) is 5.26 Å². The zero-order valence-corrected chi connectivity index (χ0v) is 33.7. The Bertz CT molecular complexity index is 3080. The standard InChI is InChI=1S/C57H40N4/c1-39-30-31-41-18-9-13-29-56(41)61(39)50-25-15-23-44(36-50)48-33-47(34-49(35-48)51-26-10-8-21-46(51)38-58)43-22-14-24-45(32-43)52-27-11-12-28-53(52)55-37-54(40-16-4-2-5-17-40)59-57(60-55)42-19-6-3-7-20-42/h2-30,32-37H,31H2,1H3. The summed E-state index contributed by atoms with van der Waals surface area (Å²) in [6.07, 6.45) is 3.22. The van der Waals surface area contributed by atoms with E-state index < -0.39 is 0 Å². The lowest BCUT2D eigenvalue weighted by molar-refractivity contribution is 1.05. The number of aromatic nitrogens is 2. The third-order valence-electron chi connectivity index (χ3n) is 11.5. The zero-order valence-electron chi connectivity index (χ0n) is 33.7. The second-order valence-corrected chi connectivity index (χ2v) is 15.3. The third-order valence-corrected chi connectivity index (χ3v) is 11.5. The summed E-state index contributed by atoms with van der Waals surface area (Å²) in [4.78, 5) is 12.6.